The number of pyridine rings is 1. The van der Waals surface area contributed by atoms with Crippen LogP contribution in [-0.4, -0.2) is 21.8 Å². The van der Waals surface area contributed by atoms with Gasteiger partial charge in [0.2, 0.25) is 0 Å². The van der Waals surface area contributed by atoms with Crippen LogP contribution in [0.4, 0.5) is 5.69 Å². The molecule has 0 spiro atoms. The molecule has 4 aromatic rings. The molecular formula is C26H23ClN4OS. The first-order chi connectivity index (χ1) is 16.1. The molecular weight excluding hydrogens is 452 g/mol. The lowest BCUT2D eigenvalue weighted by atomic mass is 10.0. The highest BCUT2D eigenvalue weighted by Crippen LogP contribution is 2.42. The topological polar surface area (TPSA) is 42.3 Å². The molecule has 5 nitrogen and oxygen atoms in total. The first kappa shape index (κ1) is 21.5. The van der Waals surface area contributed by atoms with Crippen LogP contribution in [0, 0.1) is 6.92 Å². The summed E-state index contributed by atoms with van der Waals surface area (Å²) in [5, 5.41) is 4.92. The zero-order valence-corrected chi connectivity index (χ0v) is 19.8. The number of aryl methyl sites for hydroxylation is 1. The third-order valence-corrected chi connectivity index (χ3v) is 6.69. The van der Waals surface area contributed by atoms with Gasteiger partial charge in [-0.3, -0.25) is 4.98 Å². The number of ether oxygens (including phenoxy) is 1. The minimum absolute atomic E-state index is 0.119. The fourth-order valence-corrected chi connectivity index (χ4v) is 4.79. The molecule has 7 heteroatoms. The molecule has 0 aliphatic carbocycles. The quantitative estimate of drug-likeness (QED) is 0.358. The van der Waals surface area contributed by atoms with E-state index in [0.717, 1.165) is 39.1 Å². The van der Waals surface area contributed by atoms with Crippen LogP contribution < -0.4 is 15.0 Å². The van der Waals surface area contributed by atoms with Crippen LogP contribution in [0.2, 0.25) is 5.02 Å². The molecule has 0 unspecified atom stereocenters. The average Bonchev–Trinajstić information content (AvgIpc) is 3.46. The van der Waals surface area contributed by atoms with E-state index in [-0.39, 0.29) is 12.1 Å². The Morgan fingerprint density at radius 2 is 1.79 bits per heavy atom. The number of nitrogens with one attached hydrogen (secondary N) is 1. The molecule has 1 aliphatic heterocycles. The van der Waals surface area contributed by atoms with Gasteiger partial charge in [0.05, 0.1) is 18.8 Å². The third kappa shape index (κ3) is 3.96. The van der Waals surface area contributed by atoms with E-state index in [4.69, 9.17) is 28.6 Å². The zero-order valence-electron chi connectivity index (χ0n) is 18.3. The molecule has 0 saturated carbocycles. The third-order valence-electron chi connectivity index (χ3n) is 5.95. The Kier molecular flexibility index (Phi) is 5.79. The van der Waals surface area contributed by atoms with Crippen molar-refractivity contribution in [1.29, 1.82) is 0 Å². The summed E-state index contributed by atoms with van der Waals surface area (Å²) in [5.41, 5.74) is 5.08. The van der Waals surface area contributed by atoms with Crippen molar-refractivity contribution in [3.8, 4) is 11.4 Å². The second-order valence-corrected chi connectivity index (χ2v) is 8.73. The van der Waals surface area contributed by atoms with Crippen LogP contribution >= 0.6 is 23.8 Å². The lowest BCUT2D eigenvalue weighted by Crippen LogP contribution is -2.30. The molecule has 1 saturated heterocycles. The van der Waals surface area contributed by atoms with Gasteiger partial charge in [0.25, 0.3) is 0 Å². The standard InChI is InChI=1S/C26H23ClN4OS/c1-17-16-19(10-13-21(17)27)30-15-5-7-23(30)25-24(22-6-3-4-14-28-22)29-26(33)31(25)18-8-11-20(32-2)12-9-18/h3-16,24-25H,1-2H3,(H,29,33)/t24-,25-/m1/s1. The van der Waals surface area contributed by atoms with E-state index < -0.39 is 0 Å². The number of aromatic nitrogens is 2. The fourth-order valence-electron chi connectivity index (χ4n) is 4.33. The number of halogens is 1. The number of nitrogens with zero attached hydrogens (tertiary/aromatic N) is 3. The summed E-state index contributed by atoms with van der Waals surface area (Å²) in [6.07, 6.45) is 3.88. The largest absolute Gasteiger partial charge is 0.497 e. The maximum Gasteiger partial charge on any atom is 0.174 e. The second-order valence-electron chi connectivity index (χ2n) is 7.93. The van der Waals surface area contributed by atoms with E-state index in [9.17, 15) is 0 Å². The van der Waals surface area contributed by atoms with Crippen LogP contribution in [0.15, 0.2) is 85.2 Å². The van der Waals surface area contributed by atoms with Gasteiger partial charge in [-0.15, -0.1) is 0 Å². The minimum Gasteiger partial charge on any atom is -0.497 e. The molecule has 0 radical (unpaired) electrons. The van der Waals surface area contributed by atoms with Gasteiger partial charge in [-0.05, 0) is 91.4 Å². The van der Waals surface area contributed by atoms with E-state index in [1.54, 1.807) is 7.11 Å². The Morgan fingerprint density at radius 3 is 2.48 bits per heavy atom. The number of hydrogen-bond donors (Lipinski definition) is 1. The first-order valence-corrected chi connectivity index (χ1v) is 11.4. The van der Waals surface area contributed by atoms with E-state index in [0.29, 0.717) is 5.11 Å². The van der Waals surface area contributed by atoms with Crippen molar-refractivity contribution < 1.29 is 4.74 Å². The van der Waals surface area contributed by atoms with Gasteiger partial charge >= 0.3 is 0 Å². The predicted molar refractivity (Wildman–Crippen MR) is 136 cm³/mol. The van der Waals surface area contributed by atoms with Gasteiger partial charge < -0.3 is 19.5 Å². The summed E-state index contributed by atoms with van der Waals surface area (Å²) in [5.74, 6) is 0.801. The van der Waals surface area contributed by atoms with Crippen molar-refractivity contribution in [1.82, 2.24) is 14.9 Å². The highest BCUT2D eigenvalue weighted by molar-refractivity contribution is 7.80. The van der Waals surface area contributed by atoms with Gasteiger partial charge in [-0.1, -0.05) is 17.7 Å². The Balaban J connectivity index is 1.65. The molecule has 1 aliphatic rings. The van der Waals surface area contributed by atoms with Gasteiger partial charge in [-0.25, -0.2) is 0 Å². The number of hydrogen-bond acceptors (Lipinski definition) is 3. The summed E-state index contributed by atoms with van der Waals surface area (Å²) in [6, 6.07) is 23.9. The maximum absolute atomic E-state index is 6.30. The molecule has 1 N–H and O–H groups in total. The molecule has 166 valence electrons. The highest BCUT2D eigenvalue weighted by atomic mass is 35.5. The number of methoxy groups -OCH3 is 1. The minimum atomic E-state index is -0.122. The van der Waals surface area contributed by atoms with Gasteiger partial charge in [0.15, 0.2) is 5.11 Å². The van der Waals surface area contributed by atoms with Crippen molar-refractivity contribution in [2.45, 2.75) is 19.0 Å². The second kappa shape index (κ2) is 8.89. The van der Waals surface area contributed by atoms with E-state index in [1.807, 2.05) is 67.7 Å². The van der Waals surface area contributed by atoms with Crippen molar-refractivity contribution in [3.63, 3.8) is 0 Å². The molecule has 2 aromatic carbocycles. The first-order valence-electron chi connectivity index (χ1n) is 10.7. The molecule has 3 heterocycles. The van der Waals surface area contributed by atoms with E-state index in [2.05, 4.69) is 44.2 Å². The van der Waals surface area contributed by atoms with Crippen LogP contribution in [0.3, 0.4) is 0 Å². The SMILES string of the molecule is COc1ccc(N2C(=S)N[C@H](c3ccccn3)[C@H]2c2cccn2-c2ccc(Cl)c(C)c2)cc1. The smallest absolute Gasteiger partial charge is 0.174 e. The highest BCUT2D eigenvalue weighted by Gasteiger charge is 2.42. The monoisotopic (exact) mass is 474 g/mol. The summed E-state index contributed by atoms with van der Waals surface area (Å²) in [7, 11) is 1.66. The Hall–Kier alpha value is -3.35. The normalized spacial score (nSPS) is 17.8. The molecule has 0 amide bonds. The van der Waals surface area contributed by atoms with Gasteiger partial charge in [0.1, 0.15) is 11.8 Å². The van der Waals surface area contributed by atoms with Crippen molar-refractivity contribution in [2.75, 3.05) is 12.0 Å². The average molecular weight is 475 g/mol. The Labute approximate surface area is 203 Å². The summed E-state index contributed by atoms with van der Waals surface area (Å²) in [6.45, 7) is 2.02. The Bertz CT molecular complexity index is 1290. The molecule has 2 atom stereocenters. The number of thiocarbonyl (C=S) groups is 1. The van der Waals surface area contributed by atoms with Crippen molar-refractivity contribution in [3.05, 3.63) is 107 Å². The van der Waals surface area contributed by atoms with Crippen LogP contribution in [0.1, 0.15) is 29.0 Å². The molecule has 0 bridgehead atoms. The zero-order chi connectivity index (χ0) is 22.9. The predicted octanol–water partition coefficient (Wildman–Crippen LogP) is 6.02. The summed E-state index contributed by atoms with van der Waals surface area (Å²) < 4.78 is 7.54. The molecule has 2 aromatic heterocycles. The number of benzene rings is 2. The van der Waals surface area contributed by atoms with Gasteiger partial charge in [-0.2, -0.15) is 0 Å². The van der Waals surface area contributed by atoms with Gasteiger partial charge in [0, 0.05) is 34.5 Å². The Morgan fingerprint density at radius 1 is 1.00 bits per heavy atom. The van der Waals surface area contributed by atoms with E-state index in [1.165, 1.54) is 0 Å². The molecule has 5 rings (SSSR count). The molecule has 1 fully saturated rings. The van der Waals surface area contributed by atoms with Crippen molar-refractivity contribution in [2.24, 2.45) is 0 Å². The van der Waals surface area contributed by atoms with Crippen LogP contribution in [-0.2, 0) is 0 Å². The number of rotatable bonds is 5. The lowest BCUT2D eigenvalue weighted by Gasteiger charge is -2.29. The fraction of sp³-hybridized carbons (Fsp3) is 0.154. The van der Waals surface area contributed by atoms with Crippen LogP contribution in [0.25, 0.3) is 5.69 Å². The van der Waals surface area contributed by atoms with E-state index >= 15 is 0 Å². The maximum atomic E-state index is 6.30. The molecule has 33 heavy (non-hydrogen) atoms. The number of anilines is 1. The van der Waals surface area contributed by atoms with Crippen LogP contribution in [0.5, 0.6) is 5.75 Å². The van der Waals surface area contributed by atoms with Crippen molar-refractivity contribution >= 4 is 34.6 Å². The summed E-state index contributed by atoms with van der Waals surface area (Å²) >= 11 is 12.1. The lowest BCUT2D eigenvalue weighted by molar-refractivity contribution is 0.415. The summed E-state index contributed by atoms with van der Waals surface area (Å²) in [4.78, 5) is 6.80.